The number of pyridine rings is 2. The van der Waals surface area contributed by atoms with Crippen LogP contribution in [0.3, 0.4) is 0 Å². The molecule has 14 nitrogen and oxygen atoms in total. The molecule has 0 saturated carbocycles. The molecule has 6 aliphatic heterocycles. The van der Waals surface area contributed by atoms with Crippen molar-refractivity contribution in [2.45, 2.75) is 169 Å². The third-order valence-corrected chi connectivity index (χ3v) is 20.2. The summed E-state index contributed by atoms with van der Waals surface area (Å²) in [5.74, 6) is 3.05. The van der Waals surface area contributed by atoms with Crippen molar-refractivity contribution in [1.82, 2.24) is 39.4 Å². The maximum atomic E-state index is 4.76. The first-order valence-corrected chi connectivity index (χ1v) is 32.6. The summed E-state index contributed by atoms with van der Waals surface area (Å²) >= 11 is 0. The number of hydrogen-bond acceptors (Lipinski definition) is 14. The minimum atomic E-state index is 0.231. The van der Waals surface area contributed by atoms with Crippen LogP contribution in [0.2, 0.25) is 0 Å². The fourth-order valence-electron chi connectivity index (χ4n) is 14.3. The Kier molecular flexibility index (Phi) is 19.3. The molecule has 0 aliphatic carbocycles. The van der Waals surface area contributed by atoms with E-state index in [4.69, 9.17) is 4.98 Å². The normalized spacial score (nSPS) is 22.1. The maximum Gasteiger partial charge on any atom is 0.139 e. The van der Waals surface area contributed by atoms with Gasteiger partial charge in [-0.2, -0.15) is 0 Å². The molecule has 8 heterocycles. The number of aromatic nitrogens is 2. The molecule has 3 aromatic carbocycles. The number of rotatable bonds is 12. The second-order valence-electron chi connectivity index (χ2n) is 26.8. The van der Waals surface area contributed by atoms with Gasteiger partial charge in [-0.15, -0.1) is 0 Å². The molecule has 11 rings (SSSR count). The summed E-state index contributed by atoms with van der Waals surface area (Å²) in [6, 6.07) is 30.3. The zero-order chi connectivity index (χ0) is 64.9. The van der Waals surface area contributed by atoms with Crippen LogP contribution in [0.4, 0.5) is 34.3 Å². The van der Waals surface area contributed by atoms with Crippen LogP contribution in [0.15, 0.2) is 163 Å². The van der Waals surface area contributed by atoms with Crippen LogP contribution >= 0.6 is 0 Å². The van der Waals surface area contributed by atoms with E-state index in [1.54, 1.807) is 0 Å². The van der Waals surface area contributed by atoms with Crippen LogP contribution in [0.5, 0.6) is 0 Å². The predicted molar refractivity (Wildman–Crippen MR) is 377 cm³/mol. The van der Waals surface area contributed by atoms with Gasteiger partial charge in [0, 0.05) is 124 Å². The fourth-order valence-corrected chi connectivity index (χ4v) is 14.3. The SMILES string of the molecule is CC1=C(c2ccccc2)N(C)[C@@H](C)N1c1cccc(N2C(C)=C(c3ccccc3)N(C)[C@@H]2C)c1C.Cc1c(N2C=C(C(C)C)N(C)[C@@H]2C)ccnc1N1C=C(C(C)C)N(C)[C@H]1C.Cc1c(N2C=C(C(C)C)N(C)[C@H]2C)cncc1N1C=C(C(C)C)N(C)[C@@H]1C. The van der Waals surface area contributed by atoms with Crippen LogP contribution in [-0.2, 0) is 0 Å². The van der Waals surface area contributed by atoms with Gasteiger partial charge in [0.15, 0.2) is 0 Å². The van der Waals surface area contributed by atoms with E-state index in [1.807, 2.05) is 18.6 Å². The highest BCUT2D eigenvalue weighted by Gasteiger charge is 2.39. The Labute approximate surface area is 536 Å². The number of benzene rings is 3. The van der Waals surface area contributed by atoms with Crippen molar-refractivity contribution in [1.29, 1.82) is 0 Å². The molecule has 89 heavy (non-hydrogen) atoms. The van der Waals surface area contributed by atoms with Gasteiger partial charge in [-0.25, -0.2) is 4.98 Å². The summed E-state index contributed by atoms with van der Waals surface area (Å²) in [4.78, 5) is 38.0. The third-order valence-electron chi connectivity index (χ3n) is 20.2. The Bertz CT molecular complexity index is 3190. The van der Waals surface area contributed by atoms with E-state index < -0.39 is 0 Å². The van der Waals surface area contributed by atoms with E-state index in [0.29, 0.717) is 42.2 Å². The van der Waals surface area contributed by atoms with Crippen molar-refractivity contribution < 1.29 is 0 Å². The lowest BCUT2D eigenvalue weighted by Crippen LogP contribution is -2.37. The van der Waals surface area contributed by atoms with Crippen LogP contribution in [0.25, 0.3) is 11.4 Å². The zero-order valence-corrected chi connectivity index (χ0v) is 58.7. The number of anilines is 6. The topological polar surface area (TPSA) is 64.7 Å². The summed E-state index contributed by atoms with van der Waals surface area (Å²) < 4.78 is 0. The van der Waals surface area contributed by atoms with Crippen LogP contribution in [0, 0.1) is 44.4 Å². The average Bonchev–Trinajstić information content (AvgIpc) is 1.83. The second-order valence-corrected chi connectivity index (χ2v) is 26.8. The zero-order valence-electron chi connectivity index (χ0n) is 58.7. The monoisotopic (exact) mass is 1200 g/mol. The first-order valence-electron chi connectivity index (χ1n) is 32.6. The van der Waals surface area contributed by atoms with Gasteiger partial charge in [0.05, 0.1) is 40.8 Å². The van der Waals surface area contributed by atoms with Crippen LogP contribution < -0.4 is 29.4 Å². The minimum Gasteiger partial charge on any atom is -0.356 e. The Morgan fingerprint density at radius 3 is 1.01 bits per heavy atom. The van der Waals surface area contributed by atoms with Crippen molar-refractivity contribution in [3.63, 3.8) is 0 Å². The van der Waals surface area contributed by atoms with Gasteiger partial charge in [-0.1, -0.05) is 122 Å². The summed E-state index contributed by atoms with van der Waals surface area (Å²) in [6.45, 7) is 42.8. The highest BCUT2D eigenvalue weighted by atomic mass is 15.4. The smallest absolute Gasteiger partial charge is 0.139 e. The molecule has 0 amide bonds. The van der Waals surface area contributed by atoms with E-state index >= 15 is 0 Å². The molecule has 6 atom stereocenters. The summed E-state index contributed by atoms with van der Waals surface area (Å²) in [7, 11) is 13.1. The third kappa shape index (κ3) is 11.9. The Morgan fingerprint density at radius 1 is 0.337 bits per heavy atom. The van der Waals surface area contributed by atoms with Gasteiger partial charge in [-0.3, -0.25) is 4.98 Å². The first kappa shape index (κ1) is 65.4. The Balaban J connectivity index is 0.000000161. The molecular weight excluding hydrogens is 1100 g/mol. The lowest BCUT2D eigenvalue weighted by Gasteiger charge is -2.34. The molecule has 476 valence electrons. The molecule has 0 radical (unpaired) electrons. The molecule has 14 heteroatoms. The molecule has 0 bridgehead atoms. The quantitative estimate of drug-likeness (QED) is 0.119. The van der Waals surface area contributed by atoms with Crippen LogP contribution in [-0.4, -0.2) is 119 Å². The van der Waals surface area contributed by atoms with E-state index in [0.717, 1.165) is 5.82 Å². The molecule has 0 spiro atoms. The minimum absolute atomic E-state index is 0.231. The van der Waals surface area contributed by atoms with Crippen LogP contribution in [0.1, 0.15) is 139 Å². The molecule has 0 fully saturated rings. The molecule has 2 aromatic heterocycles. The number of hydrogen-bond donors (Lipinski definition) is 0. The van der Waals surface area contributed by atoms with Gasteiger partial charge in [0.25, 0.3) is 0 Å². The highest BCUT2D eigenvalue weighted by molar-refractivity contribution is 5.82. The van der Waals surface area contributed by atoms with E-state index in [-0.39, 0.29) is 18.5 Å². The van der Waals surface area contributed by atoms with Crippen molar-refractivity contribution in [3.8, 4) is 0 Å². The molecule has 6 aliphatic rings. The molecular formula is C75H106N14. The van der Waals surface area contributed by atoms with Gasteiger partial charge >= 0.3 is 0 Å². The lowest BCUT2D eigenvalue weighted by molar-refractivity contribution is 0.326. The van der Waals surface area contributed by atoms with Gasteiger partial charge in [0.2, 0.25) is 0 Å². The van der Waals surface area contributed by atoms with Crippen molar-refractivity contribution >= 4 is 45.6 Å². The number of nitrogens with zero attached hydrogens (tertiary/aromatic N) is 14. The lowest BCUT2D eigenvalue weighted by atomic mass is 10.1. The molecule has 0 N–H and O–H groups in total. The van der Waals surface area contributed by atoms with E-state index in [1.165, 1.54) is 102 Å². The molecule has 5 aromatic rings. The second kappa shape index (κ2) is 26.2. The Morgan fingerprint density at radius 2 is 0.663 bits per heavy atom. The maximum absolute atomic E-state index is 4.76. The predicted octanol–water partition coefficient (Wildman–Crippen LogP) is 16.1. The first-order chi connectivity index (χ1) is 42.1. The van der Waals surface area contributed by atoms with Crippen molar-refractivity contribution in [3.05, 3.63) is 190 Å². The standard InChI is InChI=1S/C31H36N4.2C22H35N5/c1-21-28(34-22(2)30(32(6)24(34)4)26-15-10-8-11-16-26)19-14-20-29(21)35-23(3)31(33(7)25(35)5)27-17-12-9-13-18-27;1-14(2)21-12-26(17(6)24(21)8)19-10-23-11-20(16(19)5)27-13-22(15(3)4)25(9)18(27)7;1-14(2)20-12-26(17(6)24(20)8)19-10-11-23-22(16(19)5)27-13-21(15(3)4)25(9)18(27)7/h8-20,24-25H,1-7H3;2*10-15,17-18H,1-9H3/t24-,25+;2*17-,18+/m..0/s1. The summed E-state index contributed by atoms with van der Waals surface area (Å²) in [5, 5.41) is 0. The van der Waals surface area contributed by atoms with E-state index in [2.05, 4.69) is 347 Å². The van der Waals surface area contributed by atoms with Crippen molar-refractivity contribution in [2.75, 3.05) is 71.7 Å². The van der Waals surface area contributed by atoms with Gasteiger partial charge in [-0.05, 0) is 140 Å². The van der Waals surface area contributed by atoms with Crippen molar-refractivity contribution in [2.24, 2.45) is 23.7 Å². The van der Waals surface area contributed by atoms with Gasteiger partial charge < -0.3 is 58.8 Å². The fraction of sp³-hybridized carbons (Fsp3) is 0.467. The highest BCUT2D eigenvalue weighted by Crippen LogP contribution is 2.46. The average molecular weight is 1200 g/mol. The molecule has 0 unspecified atom stereocenters. The largest absolute Gasteiger partial charge is 0.356 e. The van der Waals surface area contributed by atoms with E-state index in [9.17, 15) is 0 Å². The number of allylic oxidation sites excluding steroid dienone is 6. The molecule has 0 saturated heterocycles. The summed E-state index contributed by atoms with van der Waals surface area (Å²) in [5.41, 5.74) is 23.1. The van der Waals surface area contributed by atoms with Gasteiger partial charge in [0.1, 0.15) is 42.8 Å². The Hall–Kier alpha value is -8.00. The summed E-state index contributed by atoms with van der Waals surface area (Å²) in [6.07, 6.45) is 16.7.